The van der Waals surface area contributed by atoms with Gasteiger partial charge in [0.2, 0.25) is 0 Å². The third kappa shape index (κ3) is 4.47. The van der Waals surface area contributed by atoms with Crippen molar-refractivity contribution in [1.82, 2.24) is 5.32 Å². The first kappa shape index (κ1) is 18.5. The maximum atomic E-state index is 12.1. The van der Waals surface area contributed by atoms with Crippen LogP contribution >= 0.6 is 0 Å². The summed E-state index contributed by atoms with van der Waals surface area (Å²) in [6.45, 7) is 10.5. The van der Waals surface area contributed by atoms with Crippen molar-refractivity contribution in [2.75, 3.05) is 7.11 Å². The van der Waals surface area contributed by atoms with Gasteiger partial charge in [-0.1, -0.05) is 46.8 Å². The molecular weight excluding hydrogens is 278 g/mol. The average molecular weight is 307 g/mol. The molecule has 1 aromatic carbocycles. The van der Waals surface area contributed by atoms with Crippen LogP contribution in [0.25, 0.3) is 0 Å². The monoisotopic (exact) mass is 307 g/mol. The highest BCUT2D eigenvalue weighted by molar-refractivity contribution is 5.76. The fourth-order valence-corrected chi connectivity index (χ4v) is 2.48. The number of nitrogens with one attached hydrogen (secondary N) is 1. The molecule has 2 N–H and O–H groups in total. The molecule has 0 bridgehead atoms. The van der Waals surface area contributed by atoms with Crippen LogP contribution in [0.5, 0.6) is 5.75 Å². The van der Waals surface area contributed by atoms with Crippen LogP contribution in [0.1, 0.15) is 52.6 Å². The van der Waals surface area contributed by atoms with Gasteiger partial charge in [-0.3, -0.25) is 10.1 Å². The molecule has 0 fully saturated rings. The van der Waals surface area contributed by atoms with Gasteiger partial charge >= 0.3 is 5.97 Å². The van der Waals surface area contributed by atoms with Crippen molar-refractivity contribution in [2.24, 2.45) is 11.3 Å². The van der Waals surface area contributed by atoms with Crippen molar-refractivity contribution in [3.05, 3.63) is 29.8 Å². The predicted octanol–water partition coefficient (Wildman–Crippen LogP) is 3.66. The Hall–Kier alpha value is -1.55. The lowest BCUT2D eigenvalue weighted by molar-refractivity contribution is -0.144. The Morgan fingerprint density at radius 2 is 1.82 bits per heavy atom. The summed E-state index contributed by atoms with van der Waals surface area (Å²) >= 11 is 0. The van der Waals surface area contributed by atoms with E-state index in [1.54, 1.807) is 12.1 Å². The molecule has 0 aliphatic carbocycles. The number of carbonyl (C=O) groups is 1. The molecule has 0 unspecified atom stereocenters. The number of hydrogen-bond donors (Lipinski definition) is 2. The normalized spacial score (nSPS) is 14.7. The maximum Gasteiger partial charge on any atom is 0.323 e. The number of hydrogen-bond acceptors (Lipinski definition) is 4. The van der Waals surface area contributed by atoms with Crippen molar-refractivity contribution in [3.8, 4) is 5.75 Å². The van der Waals surface area contributed by atoms with Gasteiger partial charge in [-0.05, 0) is 35.4 Å². The van der Waals surface area contributed by atoms with E-state index in [9.17, 15) is 9.90 Å². The van der Waals surface area contributed by atoms with Gasteiger partial charge in [0.25, 0.3) is 0 Å². The van der Waals surface area contributed by atoms with Crippen molar-refractivity contribution < 1.29 is 14.6 Å². The Kier molecular flexibility index (Phi) is 6.42. The molecular formula is C18H29NO3. The van der Waals surface area contributed by atoms with Crippen LogP contribution in [0.15, 0.2) is 24.3 Å². The number of rotatable bonds is 7. The van der Waals surface area contributed by atoms with E-state index in [-0.39, 0.29) is 35.1 Å². The van der Waals surface area contributed by atoms with Gasteiger partial charge in [0, 0.05) is 6.04 Å². The molecule has 4 heteroatoms. The molecule has 0 saturated heterocycles. The molecule has 0 heterocycles. The molecule has 0 saturated carbocycles. The second-order valence-electron chi connectivity index (χ2n) is 6.78. The van der Waals surface area contributed by atoms with Gasteiger partial charge in [-0.25, -0.2) is 0 Å². The summed E-state index contributed by atoms with van der Waals surface area (Å²) in [5.41, 5.74) is 1.01. The lowest BCUT2D eigenvalue weighted by atomic mass is 9.77. The molecule has 0 radical (unpaired) electrons. The fourth-order valence-electron chi connectivity index (χ4n) is 2.48. The summed E-state index contributed by atoms with van der Waals surface area (Å²) in [6.07, 6.45) is 0.956. The number of carbonyl (C=O) groups excluding carboxylic acids is 1. The third-order valence-electron chi connectivity index (χ3n) is 4.39. The topological polar surface area (TPSA) is 58.6 Å². The molecule has 0 amide bonds. The number of aromatic hydroxyl groups is 1. The van der Waals surface area contributed by atoms with Crippen LogP contribution in [0.2, 0.25) is 0 Å². The second-order valence-corrected chi connectivity index (χ2v) is 6.78. The lowest BCUT2D eigenvalue weighted by Crippen LogP contribution is -2.47. The van der Waals surface area contributed by atoms with Crippen LogP contribution in [-0.4, -0.2) is 24.2 Å². The molecule has 0 aliphatic heterocycles. The summed E-state index contributed by atoms with van der Waals surface area (Å²) in [5, 5.41) is 13.0. The minimum absolute atomic E-state index is 0.00963. The zero-order chi connectivity index (χ0) is 16.9. The predicted molar refractivity (Wildman–Crippen MR) is 88.7 cm³/mol. The molecule has 0 aliphatic rings. The first-order valence-electron chi connectivity index (χ1n) is 7.85. The van der Waals surface area contributed by atoms with E-state index in [1.165, 1.54) is 7.11 Å². The Labute approximate surface area is 133 Å². The molecule has 22 heavy (non-hydrogen) atoms. The highest BCUT2D eigenvalue weighted by Gasteiger charge is 2.34. The summed E-state index contributed by atoms with van der Waals surface area (Å²) in [7, 11) is 1.42. The number of benzene rings is 1. The number of phenolic OH excluding ortho intramolecular Hbond substituents is 1. The summed E-state index contributed by atoms with van der Waals surface area (Å²) in [5.74, 6) is 0.121. The van der Waals surface area contributed by atoms with Gasteiger partial charge < -0.3 is 9.84 Å². The number of methoxy groups -OCH3 is 1. The van der Waals surface area contributed by atoms with E-state index in [1.807, 2.05) is 26.0 Å². The Bertz CT molecular complexity index is 480. The zero-order valence-corrected chi connectivity index (χ0v) is 14.5. The SMILES string of the molecule is CCC(C)(C)[C@H](N[C@H](C(=O)OC)C(C)C)c1ccc(O)cc1. The maximum absolute atomic E-state index is 12.1. The minimum Gasteiger partial charge on any atom is -0.508 e. The molecule has 4 nitrogen and oxygen atoms in total. The van der Waals surface area contributed by atoms with Crippen LogP contribution < -0.4 is 5.32 Å². The largest absolute Gasteiger partial charge is 0.508 e. The molecule has 0 spiro atoms. The summed E-state index contributed by atoms with van der Waals surface area (Å²) < 4.78 is 4.93. The van der Waals surface area contributed by atoms with E-state index in [2.05, 4.69) is 26.1 Å². The lowest BCUT2D eigenvalue weighted by Gasteiger charge is -2.37. The average Bonchev–Trinajstić information content (AvgIpc) is 2.48. The summed E-state index contributed by atoms with van der Waals surface area (Å²) in [6, 6.07) is 6.79. The highest BCUT2D eigenvalue weighted by Crippen LogP contribution is 2.37. The van der Waals surface area contributed by atoms with E-state index in [0.29, 0.717) is 0 Å². The van der Waals surface area contributed by atoms with Gasteiger partial charge in [0.1, 0.15) is 11.8 Å². The molecule has 1 rings (SSSR count). The molecule has 124 valence electrons. The van der Waals surface area contributed by atoms with E-state index < -0.39 is 0 Å². The summed E-state index contributed by atoms with van der Waals surface area (Å²) in [4.78, 5) is 12.1. The number of esters is 1. The highest BCUT2D eigenvalue weighted by atomic mass is 16.5. The first-order chi connectivity index (χ1) is 10.2. The van der Waals surface area contributed by atoms with E-state index >= 15 is 0 Å². The third-order valence-corrected chi connectivity index (χ3v) is 4.39. The molecule has 0 aromatic heterocycles. The standard InChI is InChI=1S/C18H29NO3/c1-7-18(4,5)16(13-8-10-14(20)11-9-13)19-15(12(2)3)17(21)22-6/h8-12,15-16,19-20H,7H2,1-6H3/t15-,16+/m0/s1. The van der Waals surface area contributed by atoms with Crippen molar-refractivity contribution in [3.63, 3.8) is 0 Å². The Morgan fingerprint density at radius 1 is 1.27 bits per heavy atom. The van der Waals surface area contributed by atoms with Crippen molar-refractivity contribution in [2.45, 2.75) is 53.1 Å². The van der Waals surface area contributed by atoms with Gasteiger partial charge in [0.15, 0.2) is 0 Å². The molecule has 2 atom stereocenters. The van der Waals surface area contributed by atoms with Crippen LogP contribution in [0, 0.1) is 11.3 Å². The van der Waals surface area contributed by atoms with Crippen molar-refractivity contribution >= 4 is 5.97 Å². The van der Waals surface area contributed by atoms with Crippen LogP contribution in [-0.2, 0) is 9.53 Å². The van der Waals surface area contributed by atoms with E-state index in [4.69, 9.17) is 4.74 Å². The van der Waals surface area contributed by atoms with E-state index in [0.717, 1.165) is 12.0 Å². The Balaban J connectivity index is 3.15. The zero-order valence-electron chi connectivity index (χ0n) is 14.5. The quantitative estimate of drug-likeness (QED) is 0.755. The fraction of sp³-hybridized carbons (Fsp3) is 0.611. The number of phenols is 1. The molecule has 1 aromatic rings. The minimum atomic E-state index is -0.366. The van der Waals surface area contributed by atoms with Crippen LogP contribution in [0.3, 0.4) is 0 Å². The van der Waals surface area contributed by atoms with Gasteiger partial charge in [-0.2, -0.15) is 0 Å². The smallest absolute Gasteiger partial charge is 0.323 e. The Morgan fingerprint density at radius 3 is 2.23 bits per heavy atom. The first-order valence-corrected chi connectivity index (χ1v) is 7.85. The van der Waals surface area contributed by atoms with Gasteiger partial charge in [-0.15, -0.1) is 0 Å². The second kappa shape index (κ2) is 7.63. The van der Waals surface area contributed by atoms with Crippen molar-refractivity contribution in [1.29, 1.82) is 0 Å². The van der Waals surface area contributed by atoms with Gasteiger partial charge in [0.05, 0.1) is 7.11 Å². The van der Waals surface area contributed by atoms with Crippen LogP contribution in [0.4, 0.5) is 0 Å². The number of ether oxygens (including phenoxy) is 1.